The molecule has 5 nitrogen and oxygen atoms in total. The summed E-state index contributed by atoms with van der Waals surface area (Å²) in [6.07, 6.45) is 7.30. The van der Waals surface area contributed by atoms with Gasteiger partial charge in [-0.15, -0.1) is 0 Å². The van der Waals surface area contributed by atoms with Crippen LogP contribution < -0.4 is 27.4 Å². The molecule has 4 atom stereocenters. The van der Waals surface area contributed by atoms with Gasteiger partial charge in [0.05, 0.1) is 12.3 Å². The molecule has 2 rings (SSSR count). The van der Waals surface area contributed by atoms with Gasteiger partial charge in [-0.3, -0.25) is 10.6 Å². The summed E-state index contributed by atoms with van der Waals surface area (Å²) >= 11 is 0. The number of nitrogens with one attached hydrogen (secondary N) is 3. The summed E-state index contributed by atoms with van der Waals surface area (Å²) in [7, 11) is 0. The Morgan fingerprint density at radius 3 is 2.05 bits per heavy atom. The van der Waals surface area contributed by atoms with Gasteiger partial charge in [-0.25, -0.2) is 0 Å². The van der Waals surface area contributed by atoms with Crippen LogP contribution in [0.3, 0.4) is 0 Å². The third-order valence-electron chi connectivity index (χ3n) is 3.51. The number of rotatable bonds is 4. The maximum Gasteiger partial charge on any atom is 0.0557 e. The molecule has 0 aromatic rings. The van der Waals surface area contributed by atoms with Crippen LogP contribution in [-0.4, -0.2) is 37.5 Å². The van der Waals surface area contributed by atoms with Gasteiger partial charge in [-0.2, -0.15) is 0 Å². The topological polar surface area (TPSA) is 88.1 Å². The van der Waals surface area contributed by atoms with E-state index in [1.54, 1.807) is 0 Å². The third-order valence-corrected chi connectivity index (χ3v) is 3.51. The predicted molar refractivity (Wildman–Crippen MR) is 88.4 cm³/mol. The van der Waals surface area contributed by atoms with Crippen LogP contribution in [0, 0.1) is 0 Å². The van der Waals surface area contributed by atoms with E-state index in [9.17, 15) is 0 Å². The minimum absolute atomic E-state index is 0.00967. The lowest BCUT2D eigenvalue weighted by atomic mass is 10.0. The van der Waals surface area contributed by atoms with Crippen molar-refractivity contribution < 1.29 is 0 Å². The van der Waals surface area contributed by atoms with E-state index in [-0.39, 0.29) is 18.4 Å². The molecule has 7 N–H and O–H groups in total. The molecule has 122 valence electrons. The molecule has 0 aromatic carbocycles. The molecular formula is C15H37N5. The van der Waals surface area contributed by atoms with E-state index in [0.29, 0.717) is 6.04 Å². The van der Waals surface area contributed by atoms with Gasteiger partial charge in [-0.1, -0.05) is 39.5 Å². The van der Waals surface area contributed by atoms with Crippen molar-refractivity contribution in [3.05, 3.63) is 0 Å². The molecule has 0 aromatic heterocycles. The summed E-state index contributed by atoms with van der Waals surface area (Å²) in [4.78, 5) is 0. The Kier molecular flexibility index (Phi) is 12.4. The van der Waals surface area contributed by atoms with Crippen LogP contribution in [0.25, 0.3) is 0 Å². The van der Waals surface area contributed by atoms with Crippen molar-refractivity contribution in [2.24, 2.45) is 11.5 Å². The first-order chi connectivity index (χ1) is 9.59. The number of hydrogen-bond acceptors (Lipinski definition) is 5. The lowest BCUT2D eigenvalue weighted by molar-refractivity contribution is 0.288. The molecule has 1 saturated heterocycles. The van der Waals surface area contributed by atoms with Gasteiger partial charge < -0.3 is 16.8 Å². The minimum Gasteiger partial charge on any atom is -0.325 e. The summed E-state index contributed by atoms with van der Waals surface area (Å²) in [5.74, 6) is 0. The van der Waals surface area contributed by atoms with Crippen molar-refractivity contribution in [2.45, 2.75) is 84.2 Å². The second-order valence-corrected chi connectivity index (χ2v) is 5.52. The first kappa shape index (κ1) is 19.8. The van der Waals surface area contributed by atoms with Crippen LogP contribution >= 0.6 is 0 Å². The SMILES string of the molecule is C1CCC1.CC.CC(N)NC(C)NC1CCNCC1N. The van der Waals surface area contributed by atoms with Gasteiger partial charge in [0.25, 0.3) is 0 Å². The summed E-state index contributed by atoms with van der Waals surface area (Å²) in [6, 6.07) is 0.582. The average Bonchev–Trinajstić information content (AvgIpc) is 2.31. The molecule has 0 radical (unpaired) electrons. The number of nitrogens with two attached hydrogens (primary N) is 2. The smallest absolute Gasteiger partial charge is 0.0557 e. The van der Waals surface area contributed by atoms with Crippen LogP contribution in [0.5, 0.6) is 0 Å². The Morgan fingerprint density at radius 1 is 1.10 bits per heavy atom. The van der Waals surface area contributed by atoms with Crippen LogP contribution in [0.4, 0.5) is 0 Å². The third kappa shape index (κ3) is 9.66. The van der Waals surface area contributed by atoms with Crippen molar-refractivity contribution in [2.75, 3.05) is 13.1 Å². The highest BCUT2D eigenvalue weighted by molar-refractivity contribution is 4.87. The lowest BCUT2D eigenvalue weighted by Crippen LogP contribution is -2.60. The Bertz CT molecular complexity index is 202. The minimum atomic E-state index is 0.00967. The Hall–Kier alpha value is -0.200. The maximum absolute atomic E-state index is 5.97. The van der Waals surface area contributed by atoms with E-state index >= 15 is 0 Å². The lowest BCUT2D eigenvalue weighted by Gasteiger charge is -2.33. The molecule has 1 aliphatic carbocycles. The highest BCUT2D eigenvalue weighted by Gasteiger charge is 2.22. The molecule has 0 bridgehead atoms. The fourth-order valence-electron chi connectivity index (χ4n) is 2.10. The van der Waals surface area contributed by atoms with E-state index in [2.05, 4.69) is 22.9 Å². The monoisotopic (exact) mass is 287 g/mol. The second-order valence-electron chi connectivity index (χ2n) is 5.52. The molecule has 1 saturated carbocycles. The summed E-state index contributed by atoms with van der Waals surface area (Å²) < 4.78 is 0. The molecular weight excluding hydrogens is 250 g/mol. The Morgan fingerprint density at radius 2 is 1.65 bits per heavy atom. The normalized spacial score (nSPS) is 27.9. The van der Waals surface area contributed by atoms with Gasteiger partial charge >= 0.3 is 0 Å². The molecule has 1 heterocycles. The van der Waals surface area contributed by atoms with Gasteiger partial charge in [-0.05, 0) is 26.8 Å². The summed E-state index contributed by atoms with van der Waals surface area (Å²) in [6.45, 7) is 9.93. The van der Waals surface area contributed by atoms with E-state index in [4.69, 9.17) is 11.5 Å². The molecule has 5 heteroatoms. The summed E-state index contributed by atoms with van der Waals surface area (Å²) in [5, 5.41) is 9.91. The van der Waals surface area contributed by atoms with E-state index in [1.165, 1.54) is 25.7 Å². The zero-order valence-corrected chi connectivity index (χ0v) is 13.9. The largest absolute Gasteiger partial charge is 0.325 e. The highest BCUT2D eigenvalue weighted by Crippen LogP contribution is 2.15. The quantitative estimate of drug-likeness (QED) is 0.500. The van der Waals surface area contributed by atoms with Crippen molar-refractivity contribution in [1.29, 1.82) is 0 Å². The van der Waals surface area contributed by atoms with E-state index < -0.39 is 0 Å². The number of hydrogen-bond donors (Lipinski definition) is 5. The molecule has 0 amide bonds. The van der Waals surface area contributed by atoms with Crippen LogP contribution in [-0.2, 0) is 0 Å². The molecule has 1 aliphatic heterocycles. The van der Waals surface area contributed by atoms with Crippen LogP contribution in [0.1, 0.15) is 59.8 Å². The highest BCUT2D eigenvalue weighted by atomic mass is 15.2. The maximum atomic E-state index is 5.97. The van der Waals surface area contributed by atoms with Crippen molar-refractivity contribution in [1.82, 2.24) is 16.0 Å². The van der Waals surface area contributed by atoms with E-state index in [0.717, 1.165) is 19.5 Å². The zero-order chi connectivity index (χ0) is 15.4. The first-order valence-corrected chi connectivity index (χ1v) is 8.33. The second kappa shape index (κ2) is 12.5. The Balaban J connectivity index is 0.000000501. The average molecular weight is 287 g/mol. The summed E-state index contributed by atoms with van der Waals surface area (Å²) in [5.41, 5.74) is 11.6. The van der Waals surface area contributed by atoms with Crippen molar-refractivity contribution in [3.8, 4) is 0 Å². The van der Waals surface area contributed by atoms with Crippen LogP contribution in [0.15, 0.2) is 0 Å². The number of piperidine rings is 1. The molecule has 0 spiro atoms. The molecule has 4 unspecified atom stereocenters. The molecule has 2 fully saturated rings. The van der Waals surface area contributed by atoms with Gasteiger partial charge in [0, 0.05) is 18.6 Å². The van der Waals surface area contributed by atoms with Gasteiger partial charge in [0.1, 0.15) is 0 Å². The fourth-order valence-corrected chi connectivity index (χ4v) is 2.10. The van der Waals surface area contributed by atoms with Gasteiger partial charge in [0.15, 0.2) is 0 Å². The standard InChI is InChI=1S/C9H23N5.C4H8.C2H6/c1-6(10)13-7(2)14-9-3-4-12-5-8(9)11;1-2-4-3-1;1-2/h6-9,12-14H,3-5,10-11H2,1-2H3;1-4H2;1-2H3. The van der Waals surface area contributed by atoms with Gasteiger partial charge in [0.2, 0.25) is 0 Å². The zero-order valence-electron chi connectivity index (χ0n) is 13.9. The first-order valence-electron chi connectivity index (χ1n) is 8.33. The van der Waals surface area contributed by atoms with Crippen molar-refractivity contribution in [3.63, 3.8) is 0 Å². The molecule has 20 heavy (non-hydrogen) atoms. The Labute approximate surface area is 125 Å². The van der Waals surface area contributed by atoms with Crippen LogP contribution in [0.2, 0.25) is 0 Å². The predicted octanol–water partition coefficient (Wildman–Crippen LogP) is 1.09. The fraction of sp³-hybridized carbons (Fsp3) is 1.00. The van der Waals surface area contributed by atoms with Crippen molar-refractivity contribution >= 4 is 0 Å². The van der Waals surface area contributed by atoms with E-state index in [1.807, 2.05) is 20.8 Å². The molecule has 2 aliphatic rings.